The SMILES string of the molecule is CNCCc1nn(C)c(-c2ccc3c(c2)OCO3)c1Br. The molecule has 0 spiro atoms. The highest BCUT2D eigenvalue weighted by Crippen LogP contribution is 2.38. The highest BCUT2D eigenvalue weighted by atomic mass is 79.9. The van der Waals surface area contributed by atoms with Crippen LogP contribution in [-0.2, 0) is 13.5 Å². The van der Waals surface area contributed by atoms with Crippen LogP contribution in [0, 0.1) is 0 Å². The average molecular weight is 338 g/mol. The minimum atomic E-state index is 0.290. The first-order valence-corrected chi connectivity index (χ1v) is 7.26. The fourth-order valence-corrected chi connectivity index (χ4v) is 3.08. The highest BCUT2D eigenvalue weighted by molar-refractivity contribution is 9.10. The predicted octanol–water partition coefficient (Wildman–Crippen LogP) is 2.34. The lowest BCUT2D eigenvalue weighted by atomic mass is 10.1. The van der Waals surface area contributed by atoms with Crippen molar-refractivity contribution in [3.8, 4) is 22.8 Å². The minimum absolute atomic E-state index is 0.290. The van der Waals surface area contributed by atoms with Gasteiger partial charge in [0.2, 0.25) is 6.79 Å². The van der Waals surface area contributed by atoms with E-state index < -0.39 is 0 Å². The Morgan fingerprint density at radius 3 is 2.95 bits per heavy atom. The summed E-state index contributed by atoms with van der Waals surface area (Å²) in [5.74, 6) is 1.58. The molecular formula is C14H16BrN3O2. The highest BCUT2D eigenvalue weighted by Gasteiger charge is 2.19. The Hall–Kier alpha value is -1.53. The summed E-state index contributed by atoms with van der Waals surface area (Å²) in [7, 11) is 3.89. The fourth-order valence-electron chi connectivity index (χ4n) is 2.31. The van der Waals surface area contributed by atoms with Crippen molar-refractivity contribution in [2.24, 2.45) is 7.05 Å². The molecule has 0 amide bonds. The molecule has 1 aromatic heterocycles. The fraction of sp³-hybridized carbons (Fsp3) is 0.357. The largest absolute Gasteiger partial charge is 0.454 e. The monoisotopic (exact) mass is 337 g/mol. The van der Waals surface area contributed by atoms with E-state index >= 15 is 0 Å². The van der Waals surface area contributed by atoms with Crippen LogP contribution in [0.5, 0.6) is 11.5 Å². The van der Waals surface area contributed by atoms with Crippen molar-refractivity contribution in [1.29, 1.82) is 0 Å². The van der Waals surface area contributed by atoms with Gasteiger partial charge in [0.1, 0.15) is 0 Å². The van der Waals surface area contributed by atoms with Gasteiger partial charge >= 0.3 is 0 Å². The van der Waals surface area contributed by atoms with E-state index in [0.717, 1.165) is 45.9 Å². The normalized spacial score (nSPS) is 12.9. The van der Waals surface area contributed by atoms with E-state index in [4.69, 9.17) is 9.47 Å². The molecule has 0 aliphatic carbocycles. The Morgan fingerprint density at radius 2 is 2.15 bits per heavy atom. The third-order valence-corrected chi connectivity index (χ3v) is 4.15. The molecule has 6 heteroatoms. The standard InChI is InChI=1S/C14H16BrN3O2/c1-16-6-5-10-13(15)14(18(2)17-10)9-3-4-11-12(7-9)20-8-19-11/h3-4,7,16H,5-6,8H2,1-2H3. The Balaban J connectivity index is 1.99. The van der Waals surface area contributed by atoms with Gasteiger partial charge in [-0.3, -0.25) is 4.68 Å². The zero-order valence-electron chi connectivity index (χ0n) is 11.4. The third-order valence-electron chi connectivity index (χ3n) is 3.31. The molecule has 3 rings (SSSR count). The molecular weight excluding hydrogens is 322 g/mol. The number of halogens is 1. The van der Waals surface area contributed by atoms with Gasteiger partial charge in [-0.15, -0.1) is 0 Å². The van der Waals surface area contributed by atoms with Crippen molar-refractivity contribution in [2.45, 2.75) is 6.42 Å². The first kappa shape index (κ1) is 13.5. The maximum atomic E-state index is 5.43. The van der Waals surface area contributed by atoms with E-state index in [1.54, 1.807) is 0 Å². The maximum Gasteiger partial charge on any atom is 0.231 e. The van der Waals surface area contributed by atoms with E-state index in [0.29, 0.717) is 6.79 Å². The maximum absolute atomic E-state index is 5.43. The van der Waals surface area contributed by atoms with Gasteiger partial charge in [-0.25, -0.2) is 0 Å². The second-order valence-corrected chi connectivity index (χ2v) is 5.45. The topological polar surface area (TPSA) is 48.3 Å². The van der Waals surface area contributed by atoms with Gasteiger partial charge in [-0.1, -0.05) is 0 Å². The van der Waals surface area contributed by atoms with Gasteiger partial charge in [-0.2, -0.15) is 5.10 Å². The van der Waals surface area contributed by atoms with Crippen LogP contribution >= 0.6 is 15.9 Å². The molecule has 0 bridgehead atoms. The van der Waals surface area contributed by atoms with Crippen molar-refractivity contribution in [2.75, 3.05) is 20.4 Å². The summed E-state index contributed by atoms with van der Waals surface area (Å²) in [4.78, 5) is 0. The zero-order valence-corrected chi connectivity index (χ0v) is 13.0. The summed E-state index contributed by atoms with van der Waals surface area (Å²) < 4.78 is 13.7. The summed E-state index contributed by atoms with van der Waals surface area (Å²) in [6, 6.07) is 5.95. The predicted molar refractivity (Wildman–Crippen MR) is 80.1 cm³/mol. The molecule has 1 aliphatic rings. The van der Waals surface area contributed by atoms with Crippen LogP contribution in [0.15, 0.2) is 22.7 Å². The number of aromatic nitrogens is 2. The number of rotatable bonds is 4. The molecule has 20 heavy (non-hydrogen) atoms. The van der Waals surface area contributed by atoms with Gasteiger partial charge < -0.3 is 14.8 Å². The number of nitrogens with zero attached hydrogens (tertiary/aromatic N) is 2. The molecule has 1 aromatic carbocycles. The lowest BCUT2D eigenvalue weighted by Gasteiger charge is -2.04. The van der Waals surface area contributed by atoms with E-state index in [9.17, 15) is 0 Å². The van der Waals surface area contributed by atoms with E-state index in [1.807, 2.05) is 37.0 Å². The number of hydrogen-bond acceptors (Lipinski definition) is 4. The number of fused-ring (bicyclic) bond motifs is 1. The van der Waals surface area contributed by atoms with Crippen molar-refractivity contribution in [3.05, 3.63) is 28.4 Å². The smallest absolute Gasteiger partial charge is 0.231 e. The lowest BCUT2D eigenvalue weighted by Crippen LogP contribution is -2.11. The second-order valence-electron chi connectivity index (χ2n) is 4.65. The Bertz CT molecular complexity index is 640. The van der Waals surface area contributed by atoms with Crippen molar-refractivity contribution < 1.29 is 9.47 Å². The molecule has 0 saturated carbocycles. The second kappa shape index (κ2) is 5.46. The Kier molecular flexibility index (Phi) is 3.67. The van der Waals surface area contributed by atoms with Crippen LogP contribution in [0.1, 0.15) is 5.69 Å². The van der Waals surface area contributed by atoms with Crippen LogP contribution in [0.2, 0.25) is 0 Å². The van der Waals surface area contributed by atoms with Crippen molar-refractivity contribution in [1.82, 2.24) is 15.1 Å². The van der Waals surface area contributed by atoms with Crippen molar-refractivity contribution >= 4 is 15.9 Å². The number of hydrogen-bond donors (Lipinski definition) is 1. The van der Waals surface area contributed by atoms with Crippen LogP contribution in [0.3, 0.4) is 0 Å². The van der Waals surface area contributed by atoms with Crippen LogP contribution in [0.25, 0.3) is 11.3 Å². The molecule has 0 fully saturated rings. The summed E-state index contributed by atoms with van der Waals surface area (Å²) in [6.45, 7) is 1.19. The first-order chi connectivity index (χ1) is 9.70. The van der Waals surface area contributed by atoms with Crippen LogP contribution in [-0.4, -0.2) is 30.2 Å². The number of aryl methyl sites for hydroxylation is 1. The molecule has 1 N–H and O–H groups in total. The van der Waals surface area contributed by atoms with Gasteiger partial charge in [0, 0.05) is 25.6 Å². The number of likely N-dealkylation sites (N-methyl/N-ethyl adjacent to an activating group) is 1. The minimum Gasteiger partial charge on any atom is -0.454 e. The van der Waals surface area contributed by atoms with E-state index in [-0.39, 0.29) is 0 Å². The molecule has 0 saturated heterocycles. The van der Waals surface area contributed by atoms with Gasteiger partial charge in [0.05, 0.1) is 15.9 Å². The van der Waals surface area contributed by atoms with Crippen LogP contribution < -0.4 is 14.8 Å². The number of benzene rings is 1. The summed E-state index contributed by atoms with van der Waals surface area (Å²) in [5.41, 5.74) is 3.16. The zero-order chi connectivity index (χ0) is 14.1. The van der Waals surface area contributed by atoms with Gasteiger partial charge in [0.25, 0.3) is 0 Å². The molecule has 5 nitrogen and oxygen atoms in total. The average Bonchev–Trinajstić information content (AvgIpc) is 3.00. The van der Waals surface area contributed by atoms with Crippen LogP contribution in [0.4, 0.5) is 0 Å². The number of nitrogens with one attached hydrogen (secondary N) is 1. The molecule has 0 unspecified atom stereocenters. The van der Waals surface area contributed by atoms with Crippen molar-refractivity contribution in [3.63, 3.8) is 0 Å². The summed E-state index contributed by atoms with van der Waals surface area (Å²) >= 11 is 3.67. The summed E-state index contributed by atoms with van der Waals surface area (Å²) in [5, 5.41) is 7.71. The number of ether oxygens (including phenoxy) is 2. The molecule has 2 aromatic rings. The molecule has 1 aliphatic heterocycles. The third kappa shape index (κ3) is 2.29. The Labute approximate surface area is 126 Å². The molecule has 2 heterocycles. The molecule has 0 atom stereocenters. The van der Waals surface area contributed by atoms with Gasteiger partial charge in [0.15, 0.2) is 11.5 Å². The quantitative estimate of drug-likeness (QED) is 0.930. The molecule has 106 valence electrons. The van der Waals surface area contributed by atoms with Gasteiger partial charge in [-0.05, 0) is 41.2 Å². The Morgan fingerprint density at radius 1 is 1.35 bits per heavy atom. The summed E-state index contributed by atoms with van der Waals surface area (Å²) in [6.07, 6.45) is 0.884. The first-order valence-electron chi connectivity index (χ1n) is 6.46. The van der Waals surface area contributed by atoms with E-state index in [2.05, 4.69) is 26.3 Å². The lowest BCUT2D eigenvalue weighted by molar-refractivity contribution is 0.174. The molecule has 0 radical (unpaired) electrons. The van der Waals surface area contributed by atoms with E-state index in [1.165, 1.54) is 0 Å².